The molecule has 0 amide bonds. The third-order valence-electron chi connectivity index (χ3n) is 3.82. The second-order valence-corrected chi connectivity index (χ2v) is 4.59. The first kappa shape index (κ1) is 9.85. The highest BCUT2D eigenvalue weighted by molar-refractivity contribution is 5.82. The summed E-state index contributed by atoms with van der Waals surface area (Å²) in [6, 6.07) is 5.00. The van der Waals surface area contributed by atoms with Crippen molar-refractivity contribution in [1.29, 1.82) is 0 Å². The first-order chi connectivity index (χ1) is 7.77. The predicted octanol–water partition coefficient (Wildman–Crippen LogP) is 2.95. The van der Waals surface area contributed by atoms with Crippen molar-refractivity contribution >= 4 is 11.0 Å². The summed E-state index contributed by atoms with van der Waals surface area (Å²) in [5, 5.41) is 0.880. The second-order valence-electron chi connectivity index (χ2n) is 4.59. The Morgan fingerprint density at radius 1 is 1.31 bits per heavy atom. The summed E-state index contributed by atoms with van der Waals surface area (Å²) >= 11 is 0. The molecule has 1 aromatic heterocycles. The summed E-state index contributed by atoms with van der Waals surface area (Å²) in [6.45, 7) is 0.508. The quantitative estimate of drug-likeness (QED) is 0.843. The lowest BCUT2D eigenvalue weighted by Gasteiger charge is -2.41. The topological polar surface area (TPSA) is 39.2 Å². The molecule has 1 fully saturated rings. The average molecular weight is 219 g/mol. The van der Waals surface area contributed by atoms with Gasteiger partial charge < -0.3 is 10.2 Å². The highest BCUT2D eigenvalue weighted by Gasteiger charge is 2.40. The molecular weight excluding hydrogens is 205 g/mol. The van der Waals surface area contributed by atoms with E-state index in [1.807, 2.05) is 6.07 Å². The molecule has 1 aliphatic rings. The molecule has 0 aliphatic heterocycles. The van der Waals surface area contributed by atoms with Crippen LogP contribution in [0, 0.1) is 5.82 Å². The van der Waals surface area contributed by atoms with Gasteiger partial charge in [-0.3, -0.25) is 0 Å². The molecule has 2 N–H and O–H groups in total. The largest absolute Gasteiger partial charge is 0.464 e. The lowest BCUT2D eigenvalue weighted by atomic mass is 9.63. The number of hydrogen-bond donors (Lipinski definition) is 1. The Labute approximate surface area is 93.2 Å². The van der Waals surface area contributed by atoms with E-state index in [1.54, 1.807) is 12.3 Å². The normalized spacial score (nSPS) is 18.6. The standard InChI is InChI=1S/C13H14FNO/c14-10-2-3-11-9(4-7-16-11)12(10)13(8-15)5-1-6-13/h2-4,7H,1,5-6,8,15H2. The molecule has 0 bridgehead atoms. The van der Waals surface area contributed by atoms with Crippen molar-refractivity contribution in [2.45, 2.75) is 24.7 Å². The smallest absolute Gasteiger partial charge is 0.134 e. The molecule has 16 heavy (non-hydrogen) atoms. The molecule has 0 saturated heterocycles. The van der Waals surface area contributed by atoms with Gasteiger partial charge in [-0.05, 0) is 31.0 Å². The fourth-order valence-corrected chi connectivity index (χ4v) is 2.72. The third kappa shape index (κ3) is 1.15. The molecule has 1 heterocycles. The van der Waals surface area contributed by atoms with E-state index >= 15 is 0 Å². The van der Waals surface area contributed by atoms with E-state index < -0.39 is 0 Å². The van der Waals surface area contributed by atoms with Crippen molar-refractivity contribution in [3.8, 4) is 0 Å². The van der Waals surface area contributed by atoms with Crippen molar-refractivity contribution in [3.05, 3.63) is 35.8 Å². The van der Waals surface area contributed by atoms with Gasteiger partial charge in [0.05, 0.1) is 6.26 Å². The minimum atomic E-state index is -0.159. The second kappa shape index (κ2) is 3.32. The SMILES string of the molecule is NCC1(c2c(F)ccc3occc23)CCC1. The summed E-state index contributed by atoms with van der Waals surface area (Å²) in [5.74, 6) is -0.154. The Kier molecular flexibility index (Phi) is 2.04. The Hall–Kier alpha value is -1.35. The minimum absolute atomic E-state index is 0.154. The fraction of sp³-hybridized carbons (Fsp3) is 0.385. The van der Waals surface area contributed by atoms with E-state index in [0.29, 0.717) is 6.54 Å². The zero-order valence-electron chi connectivity index (χ0n) is 9.00. The summed E-state index contributed by atoms with van der Waals surface area (Å²) in [5.41, 5.74) is 7.18. The molecule has 1 saturated carbocycles. The van der Waals surface area contributed by atoms with Crippen LogP contribution in [0.15, 0.2) is 28.9 Å². The zero-order chi connectivity index (χ0) is 11.2. The van der Waals surface area contributed by atoms with E-state index in [9.17, 15) is 4.39 Å². The molecular formula is C13H14FNO. The van der Waals surface area contributed by atoms with Crippen LogP contribution in [-0.4, -0.2) is 6.54 Å². The number of rotatable bonds is 2. The van der Waals surface area contributed by atoms with Gasteiger partial charge in [0.2, 0.25) is 0 Å². The highest BCUT2D eigenvalue weighted by atomic mass is 19.1. The average Bonchev–Trinajstić information content (AvgIpc) is 2.68. The molecule has 84 valence electrons. The van der Waals surface area contributed by atoms with E-state index in [1.165, 1.54) is 6.07 Å². The van der Waals surface area contributed by atoms with Crippen LogP contribution in [0.4, 0.5) is 4.39 Å². The molecule has 1 aromatic carbocycles. The van der Waals surface area contributed by atoms with Gasteiger partial charge in [0.15, 0.2) is 0 Å². The molecule has 3 heteroatoms. The van der Waals surface area contributed by atoms with Gasteiger partial charge in [0, 0.05) is 22.9 Å². The summed E-state index contributed by atoms with van der Waals surface area (Å²) < 4.78 is 19.3. The van der Waals surface area contributed by atoms with Gasteiger partial charge in [-0.15, -0.1) is 0 Å². The molecule has 0 unspecified atom stereocenters. The van der Waals surface area contributed by atoms with E-state index in [0.717, 1.165) is 35.8 Å². The number of fused-ring (bicyclic) bond motifs is 1. The van der Waals surface area contributed by atoms with Gasteiger partial charge >= 0.3 is 0 Å². The zero-order valence-corrected chi connectivity index (χ0v) is 9.00. The number of benzene rings is 1. The van der Waals surface area contributed by atoms with Crippen molar-refractivity contribution in [2.24, 2.45) is 5.73 Å². The van der Waals surface area contributed by atoms with Crippen LogP contribution in [0.5, 0.6) is 0 Å². The fourth-order valence-electron chi connectivity index (χ4n) is 2.72. The van der Waals surface area contributed by atoms with Crippen LogP contribution in [-0.2, 0) is 5.41 Å². The number of hydrogen-bond acceptors (Lipinski definition) is 2. The predicted molar refractivity (Wildman–Crippen MR) is 60.8 cm³/mol. The molecule has 1 aliphatic carbocycles. The van der Waals surface area contributed by atoms with Gasteiger partial charge in [-0.1, -0.05) is 6.42 Å². The Morgan fingerprint density at radius 3 is 2.75 bits per heavy atom. The van der Waals surface area contributed by atoms with Crippen molar-refractivity contribution < 1.29 is 8.81 Å². The minimum Gasteiger partial charge on any atom is -0.464 e. The van der Waals surface area contributed by atoms with Crippen LogP contribution in [0.25, 0.3) is 11.0 Å². The van der Waals surface area contributed by atoms with E-state index in [4.69, 9.17) is 10.2 Å². The van der Waals surface area contributed by atoms with Crippen LogP contribution < -0.4 is 5.73 Å². The first-order valence-electron chi connectivity index (χ1n) is 5.63. The first-order valence-corrected chi connectivity index (χ1v) is 5.63. The summed E-state index contributed by atoms with van der Waals surface area (Å²) in [7, 11) is 0. The summed E-state index contributed by atoms with van der Waals surface area (Å²) in [6.07, 6.45) is 4.69. The number of nitrogens with two attached hydrogens (primary N) is 1. The Balaban J connectivity index is 2.28. The maximum Gasteiger partial charge on any atom is 0.134 e. The van der Waals surface area contributed by atoms with E-state index in [-0.39, 0.29) is 11.2 Å². The van der Waals surface area contributed by atoms with Crippen LogP contribution >= 0.6 is 0 Å². The van der Waals surface area contributed by atoms with Crippen LogP contribution in [0.3, 0.4) is 0 Å². The van der Waals surface area contributed by atoms with Crippen LogP contribution in [0.2, 0.25) is 0 Å². The van der Waals surface area contributed by atoms with Gasteiger partial charge in [-0.2, -0.15) is 0 Å². The third-order valence-corrected chi connectivity index (χ3v) is 3.82. The molecule has 0 spiro atoms. The van der Waals surface area contributed by atoms with Crippen molar-refractivity contribution in [3.63, 3.8) is 0 Å². The maximum absolute atomic E-state index is 14.0. The lowest BCUT2D eigenvalue weighted by molar-refractivity contribution is 0.247. The molecule has 2 nitrogen and oxygen atoms in total. The maximum atomic E-state index is 14.0. The van der Waals surface area contributed by atoms with E-state index in [2.05, 4.69) is 0 Å². The molecule has 3 rings (SSSR count). The van der Waals surface area contributed by atoms with Gasteiger partial charge in [0.25, 0.3) is 0 Å². The monoisotopic (exact) mass is 219 g/mol. The van der Waals surface area contributed by atoms with Crippen molar-refractivity contribution in [2.75, 3.05) is 6.54 Å². The van der Waals surface area contributed by atoms with Crippen LogP contribution in [0.1, 0.15) is 24.8 Å². The Morgan fingerprint density at radius 2 is 2.12 bits per heavy atom. The molecule has 0 radical (unpaired) electrons. The summed E-state index contributed by atoms with van der Waals surface area (Å²) in [4.78, 5) is 0. The van der Waals surface area contributed by atoms with Gasteiger partial charge in [0.1, 0.15) is 11.4 Å². The van der Waals surface area contributed by atoms with Gasteiger partial charge in [-0.25, -0.2) is 4.39 Å². The number of halogens is 1. The van der Waals surface area contributed by atoms with Crippen molar-refractivity contribution in [1.82, 2.24) is 0 Å². The lowest BCUT2D eigenvalue weighted by Crippen LogP contribution is -2.42. The number of furan rings is 1. The highest BCUT2D eigenvalue weighted by Crippen LogP contribution is 2.46. The molecule has 2 aromatic rings. The molecule has 0 atom stereocenters. The Bertz CT molecular complexity index is 522.